The number of rotatable bonds is 2. The third-order valence-electron chi connectivity index (χ3n) is 1.14. The Bertz CT molecular complexity index is 276. The van der Waals surface area contributed by atoms with Gasteiger partial charge in [-0.05, 0) is 24.3 Å². The van der Waals surface area contributed by atoms with Crippen molar-refractivity contribution in [3.8, 4) is 0 Å². The minimum atomic E-state index is 0.0665. The van der Waals surface area contributed by atoms with E-state index in [0.29, 0.717) is 0 Å². The zero-order valence-corrected chi connectivity index (χ0v) is 7.21. The highest BCUT2D eigenvalue weighted by Crippen LogP contribution is 2.19. The standard InChI is InChI=1S/C7H10N4S/c8-5-1-3-6(4-2-5)12-11-7(9)10/h1-4H,8H2,(H4,9,10,11). The van der Waals surface area contributed by atoms with Crippen molar-refractivity contribution in [2.24, 2.45) is 15.9 Å². The van der Waals surface area contributed by atoms with Gasteiger partial charge in [0.15, 0.2) is 5.96 Å². The summed E-state index contributed by atoms with van der Waals surface area (Å²) < 4.78 is 3.77. The Morgan fingerprint density at radius 2 is 1.75 bits per heavy atom. The second-order valence-corrected chi connectivity index (χ2v) is 3.01. The van der Waals surface area contributed by atoms with Crippen LogP contribution in [0.4, 0.5) is 5.69 Å². The molecule has 0 saturated heterocycles. The maximum Gasteiger partial charge on any atom is 0.198 e. The van der Waals surface area contributed by atoms with Crippen molar-refractivity contribution in [3.63, 3.8) is 0 Å². The Balaban J connectivity index is 2.65. The van der Waals surface area contributed by atoms with Crippen molar-refractivity contribution in [3.05, 3.63) is 24.3 Å². The van der Waals surface area contributed by atoms with Crippen LogP contribution in [0.1, 0.15) is 0 Å². The molecule has 12 heavy (non-hydrogen) atoms. The van der Waals surface area contributed by atoms with Crippen LogP contribution in [0.25, 0.3) is 0 Å². The van der Waals surface area contributed by atoms with Gasteiger partial charge < -0.3 is 17.2 Å². The van der Waals surface area contributed by atoms with Gasteiger partial charge >= 0.3 is 0 Å². The van der Waals surface area contributed by atoms with E-state index in [1.165, 1.54) is 11.9 Å². The Morgan fingerprint density at radius 1 is 1.17 bits per heavy atom. The van der Waals surface area contributed by atoms with Gasteiger partial charge in [-0.2, -0.15) is 4.40 Å². The third kappa shape index (κ3) is 2.71. The number of anilines is 1. The molecule has 0 fully saturated rings. The molecule has 4 nitrogen and oxygen atoms in total. The first-order chi connectivity index (χ1) is 5.68. The predicted molar refractivity (Wildman–Crippen MR) is 52.5 cm³/mol. The fraction of sp³-hybridized carbons (Fsp3) is 0. The van der Waals surface area contributed by atoms with Gasteiger partial charge in [-0.15, -0.1) is 0 Å². The van der Waals surface area contributed by atoms with Crippen molar-refractivity contribution in [2.45, 2.75) is 4.90 Å². The first-order valence-electron chi connectivity index (χ1n) is 3.30. The Morgan fingerprint density at radius 3 is 2.25 bits per heavy atom. The summed E-state index contributed by atoms with van der Waals surface area (Å²) in [7, 11) is 0. The van der Waals surface area contributed by atoms with Crippen LogP contribution < -0.4 is 17.2 Å². The molecule has 1 aromatic carbocycles. The van der Waals surface area contributed by atoms with Gasteiger partial charge in [0.1, 0.15) is 0 Å². The van der Waals surface area contributed by atoms with Crippen LogP contribution in [-0.4, -0.2) is 5.96 Å². The normalized spacial score (nSPS) is 9.33. The molecule has 1 rings (SSSR count). The van der Waals surface area contributed by atoms with E-state index in [1.54, 1.807) is 12.1 Å². The summed E-state index contributed by atoms with van der Waals surface area (Å²) in [6.45, 7) is 0. The van der Waals surface area contributed by atoms with Crippen LogP contribution in [0.2, 0.25) is 0 Å². The van der Waals surface area contributed by atoms with E-state index in [4.69, 9.17) is 17.2 Å². The molecule has 0 aromatic heterocycles. The molecule has 5 heteroatoms. The molecule has 6 N–H and O–H groups in total. The highest BCUT2D eigenvalue weighted by molar-refractivity contribution is 7.98. The number of guanidine groups is 1. The maximum atomic E-state index is 5.49. The summed E-state index contributed by atoms with van der Waals surface area (Å²) in [5, 5.41) is 0. The molecule has 0 aliphatic heterocycles. The molecular weight excluding hydrogens is 172 g/mol. The van der Waals surface area contributed by atoms with Crippen molar-refractivity contribution in [2.75, 3.05) is 5.73 Å². The molecule has 0 unspecified atom stereocenters. The van der Waals surface area contributed by atoms with Crippen molar-refractivity contribution in [1.29, 1.82) is 0 Å². The molecule has 0 aliphatic carbocycles. The SMILES string of the molecule is NC(N)=NSc1ccc(N)cc1. The summed E-state index contributed by atoms with van der Waals surface area (Å²) in [6.07, 6.45) is 0. The minimum absolute atomic E-state index is 0.0665. The molecule has 0 atom stereocenters. The van der Waals surface area contributed by atoms with Crippen LogP contribution in [0, 0.1) is 0 Å². The molecule has 0 aliphatic rings. The van der Waals surface area contributed by atoms with E-state index in [0.717, 1.165) is 10.6 Å². The number of hydrogen-bond acceptors (Lipinski definition) is 3. The molecule has 0 bridgehead atoms. The van der Waals surface area contributed by atoms with Gasteiger partial charge in [0, 0.05) is 22.5 Å². The van der Waals surface area contributed by atoms with Gasteiger partial charge in [0.2, 0.25) is 0 Å². The Kier molecular flexibility index (Phi) is 2.82. The molecule has 0 spiro atoms. The van der Waals surface area contributed by atoms with E-state index < -0.39 is 0 Å². The largest absolute Gasteiger partial charge is 0.399 e. The topological polar surface area (TPSA) is 90.4 Å². The fourth-order valence-electron chi connectivity index (χ4n) is 0.634. The molecule has 0 heterocycles. The average molecular weight is 182 g/mol. The summed E-state index contributed by atoms with van der Waals surface area (Å²) >= 11 is 1.22. The number of nitrogens with two attached hydrogens (primary N) is 3. The molecule has 1 aromatic rings. The van der Waals surface area contributed by atoms with E-state index in [1.807, 2.05) is 12.1 Å². The Labute approximate surface area is 75.0 Å². The highest BCUT2D eigenvalue weighted by Gasteiger charge is 1.91. The molecule has 64 valence electrons. The van der Waals surface area contributed by atoms with E-state index in [9.17, 15) is 0 Å². The van der Waals surface area contributed by atoms with Crippen LogP contribution in [0.5, 0.6) is 0 Å². The lowest BCUT2D eigenvalue weighted by molar-refractivity contribution is 1.45. The highest BCUT2D eigenvalue weighted by atomic mass is 32.2. The zero-order chi connectivity index (χ0) is 8.97. The van der Waals surface area contributed by atoms with E-state index in [-0.39, 0.29) is 5.96 Å². The number of nitrogens with zero attached hydrogens (tertiary/aromatic N) is 1. The maximum absolute atomic E-state index is 5.49. The Hall–Kier alpha value is -1.36. The fourth-order valence-corrected chi connectivity index (χ4v) is 1.10. The van der Waals surface area contributed by atoms with Crippen LogP contribution in [0.3, 0.4) is 0 Å². The van der Waals surface area contributed by atoms with Crippen LogP contribution in [-0.2, 0) is 0 Å². The lowest BCUT2D eigenvalue weighted by Crippen LogP contribution is -2.21. The summed E-state index contributed by atoms with van der Waals surface area (Å²) in [5.41, 5.74) is 16.5. The van der Waals surface area contributed by atoms with Gasteiger partial charge in [0.05, 0.1) is 0 Å². The van der Waals surface area contributed by atoms with Gasteiger partial charge in [-0.1, -0.05) is 0 Å². The summed E-state index contributed by atoms with van der Waals surface area (Å²) in [6, 6.07) is 7.30. The minimum Gasteiger partial charge on any atom is -0.399 e. The third-order valence-corrected chi connectivity index (χ3v) is 1.92. The lowest BCUT2D eigenvalue weighted by Gasteiger charge is -1.96. The second-order valence-electron chi connectivity index (χ2n) is 2.18. The molecule has 0 saturated carbocycles. The first kappa shape index (κ1) is 8.73. The molecule has 0 radical (unpaired) electrons. The van der Waals surface area contributed by atoms with Gasteiger partial charge in [0.25, 0.3) is 0 Å². The van der Waals surface area contributed by atoms with Gasteiger partial charge in [-0.25, -0.2) is 0 Å². The lowest BCUT2D eigenvalue weighted by atomic mass is 10.3. The van der Waals surface area contributed by atoms with E-state index >= 15 is 0 Å². The average Bonchev–Trinajstić information content (AvgIpc) is 2.03. The smallest absolute Gasteiger partial charge is 0.198 e. The predicted octanol–water partition coefficient (Wildman–Crippen LogP) is 0.549. The quantitative estimate of drug-likeness (QED) is 0.269. The van der Waals surface area contributed by atoms with E-state index in [2.05, 4.69) is 4.40 Å². The summed E-state index contributed by atoms with van der Waals surface area (Å²) in [5.74, 6) is 0.0665. The number of hydrogen-bond donors (Lipinski definition) is 3. The monoisotopic (exact) mass is 182 g/mol. The van der Waals surface area contributed by atoms with Crippen molar-refractivity contribution < 1.29 is 0 Å². The number of benzene rings is 1. The zero-order valence-electron chi connectivity index (χ0n) is 6.40. The van der Waals surface area contributed by atoms with Crippen molar-refractivity contribution in [1.82, 2.24) is 0 Å². The molecule has 0 amide bonds. The summed E-state index contributed by atoms with van der Waals surface area (Å²) in [4.78, 5) is 0.956. The van der Waals surface area contributed by atoms with Gasteiger partial charge in [-0.3, -0.25) is 0 Å². The van der Waals surface area contributed by atoms with Crippen LogP contribution >= 0.6 is 11.9 Å². The second kappa shape index (κ2) is 3.87. The number of nitrogen functional groups attached to an aromatic ring is 1. The molecular formula is C7H10N4S. The van der Waals surface area contributed by atoms with Crippen molar-refractivity contribution >= 4 is 23.6 Å². The van der Waals surface area contributed by atoms with Crippen LogP contribution in [0.15, 0.2) is 33.6 Å². The first-order valence-corrected chi connectivity index (χ1v) is 4.07.